The van der Waals surface area contributed by atoms with Crippen LogP contribution in [0.15, 0.2) is 17.0 Å². The van der Waals surface area contributed by atoms with Crippen molar-refractivity contribution in [2.45, 2.75) is 55.7 Å². The van der Waals surface area contributed by atoms with Crippen molar-refractivity contribution in [3.63, 3.8) is 0 Å². The van der Waals surface area contributed by atoms with E-state index in [0.29, 0.717) is 10.9 Å². The molecular formula is C15H24N2O2S2. The molecule has 0 bridgehead atoms. The van der Waals surface area contributed by atoms with Crippen molar-refractivity contribution in [3.8, 4) is 0 Å². The molecule has 1 aliphatic carbocycles. The van der Waals surface area contributed by atoms with E-state index in [0.717, 1.165) is 30.4 Å². The molecule has 118 valence electrons. The lowest BCUT2D eigenvalue weighted by Gasteiger charge is -2.30. The minimum atomic E-state index is -3.56. The zero-order chi connectivity index (χ0) is 15.6. The quantitative estimate of drug-likeness (QED) is 0.834. The molecule has 2 rings (SSSR count). The number of hydrogen-bond donors (Lipinski definition) is 2. The number of rotatable bonds is 4. The molecule has 21 heavy (non-hydrogen) atoms. The molecule has 0 radical (unpaired) electrons. The highest BCUT2D eigenvalue weighted by Crippen LogP contribution is 2.29. The Morgan fingerprint density at radius 3 is 2.48 bits per heavy atom. The number of thioether (sulfide) groups is 1. The van der Waals surface area contributed by atoms with Gasteiger partial charge in [-0.25, -0.2) is 13.1 Å². The van der Waals surface area contributed by atoms with Gasteiger partial charge in [-0.2, -0.15) is 11.8 Å². The van der Waals surface area contributed by atoms with Gasteiger partial charge >= 0.3 is 0 Å². The Kier molecular flexibility index (Phi) is 5.22. The van der Waals surface area contributed by atoms with E-state index in [-0.39, 0.29) is 10.9 Å². The summed E-state index contributed by atoms with van der Waals surface area (Å²) in [4.78, 5) is 0.205. The van der Waals surface area contributed by atoms with Crippen LogP contribution in [0.5, 0.6) is 0 Å². The number of anilines is 1. The third-order valence-electron chi connectivity index (χ3n) is 4.23. The maximum Gasteiger partial charge on any atom is 0.242 e. The highest BCUT2D eigenvalue weighted by atomic mass is 32.2. The van der Waals surface area contributed by atoms with Crippen molar-refractivity contribution in [2.75, 3.05) is 12.0 Å². The predicted octanol–water partition coefficient (Wildman–Crippen LogP) is 2.84. The van der Waals surface area contributed by atoms with Crippen molar-refractivity contribution in [2.24, 2.45) is 0 Å². The van der Waals surface area contributed by atoms with Crippen molar-refractivity contribution in [1.82, 2.24) is 4.72 Å². The van der Waals surface area contributed by atoms with Crippen LogP contribution in [0.3, 0.4) is 0 Å². The predicted molar refractivity (Wildman–Crippen MR) is 90.2 cm³/mol. The summed E-state index contributed by atoms with van der Waals surface area (Å²) >= 11 is 1.74. The summed E-state index contributed by atoms with van der Waals surface area (Å²) in [7, 11) is -3.56. The lowest BCUT2D eigenvalue weighted by atomic mass is 9.96. The molecular weight excluding hydrogens is 304 g/mol. The van der Waals surface area contributed by atoms with Gasteiger partial charge in [0.2, 0.25) is 10.0 Å². The van der Waals surface area contributed by atoms with Gasteiger partial charge in [-0.15, -0.1) is 0 Å². The van der Waals surface area contributed by atoms with Gasteiger partial charge in [-0.05, 0) is 56.2 Å². The van der Waals surface area contributed by atoms with E-state index < -0.39 is 10.0 Å². The molecule has 1 fully saturated rings. The van der Waals surface area contributed by atoms with E-state index in [1.807, 2.05) is 20.1 Å². The molecule has 0 aromatic heterocycles. The first-order valence-corrected chi connectivity index (χ1v) is 10.0. The molecule has 0 heterocycles. The summed E-state index contributed by atoms with van der Waals surface area (Å²) in [6, 6.07) is 3.40. The Hall–Kier alpha value is -0.720. The SMILES string of the molecule is CSC1CCCCC1NS(=O)(=O)c1cc(C)c(C)cc1N. The molecule has 1 aliphatic rings. The zero-order valence-corrected chi connectivity index (χ0v) is 14.5. The van der Waals surface area contributed by atoms with Gasteiger partial charge in [-0.3, -0.25) is 0 Å². The van der Waals surface area contributed by atoms with Crippen LogP contribution in [0.2, 0.25) is 0 Å². The third-order valence-corrected chi connectivity index (χ3v) is 6.94. The Labute approximate surface area is 131 Å². The second kappa shape index (κ2) is 6.58. The van der Waals surface area contributed by atoms with Crippen LogP contribution in [0.25, 0.3) is 0 Å². The molecule has 3 N–H and O–H groups in total. The summed E-state index contributed by atoms with van der Waals surface area (Å²) < 4.78 is 28.2. The fourth-order valence-corrected chi connectivity index (χ4v) is 5.35. The molecule has 2 unspecified atom stereocenters. The minimum absolute atomic E-state index is 0.000223. The van der Waals surface area contributed by atoms with Gasteiger partial charge in [-0.1, -0.05) is 12.8 Å². The molecule has 0 saturated heterocycles. The van der Waals surface area contributed by atoms with Crippen LogP contribution < -0.4 is 10.5 Å². The van der Waals surface area contributed by atoms with Crippen LogP contribution >= 0.6 is 11.8 Å². The molecule has 6 heteroatoms. The Morgan fingerprint density at radius 2 is 1.81 bits per heavy atom. The zero-order valence-electron chi connectivity index (χ0n) is 12.8. The van der Waals surface area contributed by atoms with Crippen molar-refractivity contribution in [3.05, 3.63) is 23.3 Å². The molecule has 0 aliphatic heterocycles. The molecule has 1 aromatic rings. The highest BCUT2D eigenvalue weighted by molar-refractivity contribution is 7.99. The smallest absolute Gasteiger partial charge is 0.242 e. The molecule has 4 nitrogen and oxygen atoms in total. The average Bonchev–Trinajstić information content (AvgIpc) is 2.43. The average molecular weight is 329 g/mol. The Morgan fingerprint density at radius 1 is 1.19 bits per heavy atom. The molecule has 2 atom stereocenters. The van der Waals surface area contributed by atoms with E-state index >= 15 is 0 Å². The van der Waals surface area contributed by atoms with Crippen molar-refractivity contribution < 1.29 is 8.42 Å². The lowest BCUT2D eigenvalue weighted by molar-refractivity contribution is 0.423. The molecule has 0 spiro atoms. The van der Waals surface area contributed by atoms with Gasteiger partial charge in [0.1, 0.15) is 4.90 Å². The number of aryl methyl sites for hydroxylation is 2. The van der Waals surface area contributed by atoms with Crippen LogP contribution in [-0.2, 0) is 10.0 Å². The monoisotopic (exact) mass is 328 g/mol. The van der Waals surface area contributed by atoms with Gasteiger partial charge in [0.15, 0.2) is 0 Å². The molecule has 1 saturated carbocycles. The first kappa shape index (κ1) is 16.6. The number of nitrogen functional groups attached to an aromatic ring is 1. The van der Waals surface area contributed by atoms with Gasteiger partial charge in [0, 0.05) is 11.3 Å². The second-order valence-corrected chi connectivity index (χ2v) is 8.52. The number of sulfonamides is 1. The lowest BCUT2D eigenvalue weighted by Crippen LogP contribution is -2.43. The van der Waals surface area contributed by atoms with E-state index in [1.54, 1.807) is 23.9 Å². The number of nitrogens with two attached hydrogens (primary N) is 1. The van der Waals surface area contributed by atoms with Crippen molar-refractivity contribution in [1.29, 1.82) is 0 Å². The first-order valence-electron chi connectivity index (χ1n) is 7.27. The standard InChI is InChI=1S/C15H24N2O2S2/c1-10-8-12(16)15(9-11(10)2)21(18,19)17-13-6-4-5-7-14(13)20-3/h8-9,13-14,17H,4-7,16H2,1-3H3. The minimum Gasteiger partial charge on any atom is -0.398 e. The van der Waals surface area contributed by atoms with Gasteiger partial charge in [0.25, 0.3) is 0 Å². The maximum atomic E-state index is 12.6. The largest absolute Gasteiger partial charge is 0.398 e. The molecule has 1 aromatic carbocycles. The topological polar surface area (TPSA) is 72.2 Å². The van der Waals surface area contributed by atoms with Gasteiger partial charge < -0.3 is 5.73 Å². The fraction of sp³-hybridized carbons (Fsp3) is 0.600. The van der Waals surface area contributed by atoms with E-state index in [4.69, 9.17) is 5.73 Å². The summed E-state index contributed by atoms with van der Waals surface area (Å²) in [6.45, 7) is 3.83. The second-order valence-electron chi connectivity index (χ2n) is 5.76. The number of hydrogen-bond acceptors (Lipinski definition) is 4. The van der Waals surface area contributed by atoms with Crippen LogP contribution in [0.4, 0.5) is 5.69 Å². The summed E-state index contributed by atoms with van der Waals surface area (Å²) in [5.74, 6) is 0. The fourth-order valence-electron chi connectivity index (χ4n) is 2.82. The van der Waals surface area contributed by atoms with E-state index in [2.05, 4.69) is 4.72 Å². The van der Waals surface area contributed by atoms with E-state index in [1.165, 1.54) is 6.42 Å². The summed E-state index contributed by atoms with van der Waals surface area (Å²) in [6.07, 6.45) is 6.26. The van der Waals surface area contributed by atoms with E-state index in [9.17, 15) is 8.42 Å². The Bertz CT molecular complexity index is 614. The first-order chi connectivity index (χ1) is 9.85. The number of benzene rings is 1. The normalized spacial score (nSPS) is 23.2. The highest BCUT2D eigenvalue weighted by Gasteiger charge is 2.30. The van der Waals surface area contributed by atoms with Crippen molar-refractivity contribution >= 4 is 27.5 Å². The number of nitrogens with one attached hydrogen (secondary N) is 1. The van der Waals surface area contributed by atoms with Crippen LogP contribution in [-0.4, -0.2) is 26.0 Å². The summed E-state index contributed by atoms with van der Waals surface area (Å²) in [5, 5.41) is 0.348. The third kappa shape index (κ3) is 3.73. The summed E-state index contributed by atoms with van der Waals surface area (Å²) in [5.41, 5.74) is 8.19. The van der Waals surface area contributed by atoms with Crippen LogP contribution in [0, 0.1) is 13.8 Å². The van der Waals surface area contributed by atoms with Crippen LogP contribution in [0.1, 0.15) is 36.8 Å². The van der Waals surface area contributed by atoms with Gasteiger partial charge in [0.05, 0.1) is 5.69 Å². The Balaban J connectivity index is 2.28. The molecule has 0 amide bonds. The maximum absolute atomic E-state index is 12.6.